The molecule has 1 rings (SSSR count). The number of thiocarbonyl (C=S) groups is 1. The van der Waals surface area contributed by atoms with Gasteiger partial charge in [-0.05, 0) is 65.5 Å². The lowest BCUT2D eigenvalue weighted by molar-refractivity contribution is -0.122. The highest BCUT2D eigenvalue weighted by Gasteiger charge is 2.09. The van der Waals surface area contributed by atoms with Crippen LogP contribution in [0.4, 0.5) is 5.69 Å². The molecule has 1 aromatic carbocycles. The Kier molecular flexibility index (Phi) is 5.32. The second-order valence-electron chi connectivity index (χ2n) is 4.06. The van der Waals surface area contributed by atoms with Crippen LogP contribution in [0.5, 0.6) is 0 Å². The summed E-state index contributed by atoms with van der Waals surface area (Å²) in [4.78, 5) is 11.4. The molecule has 2 N–H and O–H groups in total. The fraction of sp³-hybridized carbons (Fsp3) is 0.333. The molecule has 17 heavy (non-hydrogen) atoms. The molecule has 0 saturated carbocycles. The van der Waals surface area contributed by atoms with Crippen LogP contribution in [-0.4, -0.2) is 11.0 Å². The molecule has 3 nitrogen and oxygen atoms in total. The lowest BCUT2D eigenvalue weighted by Gasteiger charge is -2.13. The van der Waals surface area contributed by atoms with Crippen molar-refractivity contribution >= 4 is 51.5 Å². The minimum absolute atomic E-state index is 0.0763. The van der Waals surface area contributed by atoms with Crippen molar-refractivity contribution in [2.24, 2.45) is 5.92 Å². The van der Waals surface area contributed by atoms with Gasteiger partial charge in [-0.1, -0.05) is 13.8 Å². The van der Waals surface area contributed by atoms with E-state index < -0.39 is 0 Å². The molecule has 0 saturated heterocycles. The quantitative estimate of drug-likeness (QED) is 0.628. The van der Waals surface area contributed by atoms with Crippen LogP contribution in [0.1, 0.15) is 19.4 Å². The molecule has 0 heterocycles. The summed E-state index contributed by atoms with van der Waals surface area (Å²) in [6, 6.07) is 5.99. The van der Waals surface area contributed by atoms with E-state index >= 15 is 0 Å². The number of aryl methyl sites for hydroxylation is 1. The number of halogens is 1. The van der Waals surface area contributed by atoms with E-state index in [1.54, 1.807) is 0 Å². The van der Waals surface area contributed by atoms with Gasteiger partial charge in [0, 0.05) is 15.2 Å². The maximum Gasteiger partial charge on any atom is 0.228 e. The largest absolute Gasteiger partial charge is 0.332 e. The van der Waals surface area contributed by atoms with Gasteiger partial charge in [-0.25, -0.2) is 0 Å². The summed E-state index contributed by atoms with van der Waals surface area (Å²) in [5.74, 6) is -0.154. The molecular formula is C12H15IN2OS. The Hall–Kier alpha value is -0.690. The number of hydrogen-bond acceptors (Lipinski definition) is 2. The molecule has 0 unspecified atom stereocenters. The van der Waals surface area contributed by atoms with E-state index in [0.29, 0.717) is 5.11 Å². The molecule has 0 radical (unpaired) electrons. The fourth-order valence-electron chi connectivity index (χ4n) is 1.18. The van der Waals surface area contributed by atoms with Crippen molar-refractivity contribution in [3.8, 4) is 0 Å². The first-order chi connectivity index (χ1) is 7.90. The molecular weight excluding hydrogens is 347 g/mol. The van der Waals surface area contributed by atoms with E-state index in [9.17, 15) is 4.79 Å². The van der Waals surface area contributed by atoms with E-state index in [1.807, 2.05) is 32.9 Å². The van der Waals surface area contributed by atoms with Crippen molar-refractivity contribution in [3.05, 3.63) is 27.3 Å². The topological polar surface area (TPSA) is 41.1 Å². The standard InChI is InChI=1S/C12H15IN2OS/c1-7(2)11(16)15-12(17)14-10-5-4-9(13)6-8(10)3/h4-7H,1-3H3,(H2,14,15,16,17). The summed E-state index contributed by atoms with van der Waals surface area (Å²) in [6.07, 6.45) is 0. The summed E-state index contributed by atoms with van der Waals surface area (Å²) in [5, 5.41) is 6.01. The van der Waals surface area contributed by atoms with Crippen LogP contribution in [0.15, 0.2) is 18.2 Å². The molecule has 1 aromatic rings. The SMILES string of the molecule is Cc1cc(I)ccc1NC(=S)NC(=O)C(C)C. The number of nitrogens with one attached hydrogen (secondary N) is 2. The Bertz CT molecular complexity index is 446. The van der Waals surface area contributed by atoms with Gasteiger partial charge in [0.2, 0.25) is 5.91 Å². The predicted octanol–water partition coefficient (Wildman–Crippen LogP) is 3.07. The van der Waals surface area contributed by atoms with Crippen molar-refractivity contribution in [2.45, 2.75) is 20.8 Å². The zero-order chi connectivity index (χ0) is 13.0. The Labute approximate surface area is 121 Å². The maximum atomic E-state index is 11.4. The average molecular weight is 362 g/mol. The molecule has 0 aliphatic rings. The Morgan fingerprint density at radius 3 is 2.59 bits per heavy atom. The number of anilines is 1. The van der Waals surface area contributed by atoms with Gasteiger partial charge in [0.15, 0.2) is 5.11 Å². The highest BCUT2D eigenvalue weighted by molar-refractivity contribution is 14.1. The van der Waals surface area contributed by atoms with Gasteiger partial charge in [0.05, 0.1) is 0 Å². The van der Waals surface area contributed by atoms with Gasteiger partial charge < -0.3 is 10.6 Å². The van der Waals surface area contributed by atoms with Gasteiger partial charge in [-0.3, -0.25) is 4.79 Å². The lowest BCUT2D eigenvalue weighted by atomic mass is 10.2. The van der Waals surface area contributed by atoms with Crippen LogP contribution in [0, 0.1) is 16.4 Å². The second kappa shape index (κ2) is 6.30. The van der Waals surface area contributed by atoms with Gasteiger partial charge >= 0.3 is 0 Å². The van der Waals surface area contributed by atoms with Gasteiger partial charge in [-0.2, -0.15) is 0 Å². The van der Waals surface area contributed by atoms with Crippen molar-refractivity contribution in [1.29, 1.82) is 0 Å². The third kappa shape index (κ3) is 4.59. The minimum atomic E-state index is -0.0781. The minimum Gasteiger partial charge on any atom is -0.332 e. The van der Waals surface area contributed by atoms with Crippen molar-refractivity contribution in [2.75, 3.05) is 5.32 Å². The molecule has 92 valence electrons. The maximum absolute atomic E-state index is 11.4. The van der Waals surface area contributed by atoms with E-state index in [2.05, 4.69) is 39.3 Å². The smallest absolute Gasteiger partial charge is 0.228 e. The van der Waals surface area contributed by atoms with Gasteiger partial charge in [0.25, 0.3) is 0 Å². The predicted molar refractivity (Wildman–Crippen MR) is 83.1 cm³/mol. The molecule has 0 aliphatic carbocycles. The Morgan fingerprint density at radius 2 is 2.06 bits per heavy atom. The Balaban J connectivity index is 2.65. The van der Waals surface area contributed by atoms with E-state index in [4.69, 9.17) is 12.2 Å². The van der Waals surface area contributed by atoms with Gasteiger partial charge in [0.1, 0.15) is 0 Å². The number of carbonyl (C=O) groups excluding carboxylic acids is 1. The van der Waals surface area contributed by atoms with Crippen LogP contribution < -0.4 is 10.6 Å². The monoisotopic (exact) mass is 362 g/mol. The zero-order valence-electron chi connectivity index (χ0n) is 10.0. The summed E-state index contributed by atoms with van der Waals surface area (Å²) < 4.78 is 1.17. The zero-order valence-corrected chi connectivity index (χ0v) is 13.0. The normalized spacial score (nSPS) is 10.2. The molecule has 0 bridgehead atoms. The third-order valence-electron chi connectivity index (χ3n) is 2.20. The van der Waals surface area contributed by atoms with E-state index in [1.165, 1.54) is 3.57 Å². The fourth-order valence-corrected chi connectivity index (χ4v) is 2.03. The molecule has 1 amide bonds. The number of amides is 1. The molecule has 0 aliphatic heterocycles. The highest BCUT2D eigenvalue weighted by Crippen LogP contribution is 2.17. The number of carbonyl (C=O) groups is 1. The van der Waals surface area contributed by atoms with Crippen LogP contribution in [0.2, 0.25) is 0 Å². The number of rotatable bonds is 2. The number of hydrogen-bond donors (Lipinski definition) is 2. The van der Waals surface area contributed by atoms with Crippen molar-refractivity contribution in [3.63, 3.8) is 0 Å². The molecule has 5 heteroatoms. The first kappa shape index (κ1) is 14.4. The molecule has 0 fully saturated rings. The van der Waals surface area contributed by atoms with Crippen molar-refractivity contribution in [1.82, 2.24) is 5.32 Å². The summed E-state index contributed by atoms with van der Waals surface area (Å²) in [5.41, 5.74) is 2.01. The summed E-state index contributed by atoms with van der Waals surface area (Å²) in [6.45, 7) is 5.65. The van der Waals surface area contributed by atoms with Crippen molar-refractivity contribution < 1.29 is 4.79 Å². The second-order valence-corrected chi connectivity index (χ2v) is 5.71. The molecule has 0 spiro atoms. The lowest BCUT2D eigenvalue weighted by Crippen LogP contribution is -2.36. The third-order valence-corrected chi connectivity index (χ3v) is 3.07. The first-order valence-electron chi connectivity index (χ1n) is 5.28. The first-order valence-corrected chi connectivity index (χ1v) is 6.77. The summed E-state index contributed by atoms with van der Waals surface area (Å²) >= 11 is 7.33. The van der Waals surface area contributed by atoms with Crippen LogP contribution in [0.25, 0.3) is 0 Å². The van der Waals surface area contributed by atoms with Crippen LogP contribution in [0.3, 0.4) is 0 Å². The summed E-state index contributed by atoms with van der Waals surface area (Å²) in [7, 11) is 0. The van der Waals surface area contributed by atoms with Crippen LogP contribution in [-0.2, 0) is 4.79 Å². The van der Waals surface area contributed by atoms with Crippen LogP contribution >= 0.6 is 34.8 Å². The van der Waals surface area contributed by atoms with E-state index in [0.717, 1.165) is 11.3 Å². The molecule has 0 aromatic heterocycles. The highest BCUT2D eigenvalue weighted by atomic mass is 127. The van der Waals surface area contributed by atoms with E-state index in [-0.39, 0.29) is 11.8 Å². The average Bonchev–Trinajstić information content (AvgIpc) is 2.22. The van der Waals surface area contributed by atoms with Gasteiger partial charge in [-0.15, -0.1) is 0 Å². The molecule has 0 atom stereocenters. The number of benzene rings is 1. The Morgan fingerprint density at radius 1 is 1.41 bits per heavy atom.